The van der Waals surface area contributed by atoms with Crippen molar-refractivity contribution in [3.8, 4) is 5.75 Å². The standard InChI is InChI=1S/C18H14O9/c1-9(26-17(24)12-5-3-2-4-11(12)15(20)21)27-18(25)13-7-6-10(19)8-14(13)16(22)23/h2-9,19H,1H3,(H,20,21)(H,22,23). The number of rotatable bonds is 6. The molecule has 2 aromatic carbocycles. The maximum atomic E-state index is 12.1. The summed E-state index contributed by atoms with van der Waals surface area (Å²) in [5, 5.41) is 27.5. The number of carboxylic acids is 2. The van der Waals surface area contributed by atoms with Gasteiger partial charge in [-0.1, -0.05) is 12.1 Å². The van der Waals surface area contributed by atoms with Crippen molar-refractivity contribution in [3.05, 3.63) is 64.7 Å². The van der Waals surface area contributed by atoms with Gasteiger partial charge in [0.05, 0.1) is 22.3 Å². The van der Waals surface area contributed by atoms with E-state index in [9.17, 15) is 24.3 Å². The highest BCUT2D eigenvalue weighted by Crippen LogP contribution is 2.19. The third-order valence-corrected chi connectivity index (χ3v) is 3.38. The van der Waals surface area contributed by atoms with E-state index in [1.54, 1.807) is 0 Å². The van der Waals surface area contributed by atoms with Crippen molar-refractivity contribution in [2.75, 3.05) is 0 Å². The van der Waals surface area contributed by atoms with Gasteiger partial charge in [-0.05, 0) is 30.3 Å². The highest BCUT2D eigenvalue weighted by molar-refractivity contribution is 6.03. The van der Waals surface area contributed by atoms with Gasteiger partial charge in [-0.2, -0.15) is 0 Å². The van der Waals surface area contributed by atoms with E-state index in [0.29, 0.717) is 0 Å². The van der Waals surface area contributed by atoms with Crippen molar-refractivity contribution < 1.29 is 44.0 Å². The van der Waals surface area contributed by atoms with Crippen molar-refractivity contribution in [1.29, 1.82) is 0 Å². The Morgan fingerprint density at radius 1 is 0.778 bits per heavy atom. The number of phenolic OH excluding ortho intramolecular Hbond substituents is 1. The van der Waals surface area contributed by atoms with E-state index in [0.717, 1.165) is 18.2 Å². The first kappa shape index (κ1) is 19.4. The largest absolute Gasteiger partial charge is 0.508 e. The molecule has 0 aliphatic carbocycles. The first-order chi connectivity index (χ1) is 12.7. The van der Waals surface area contributed by atoms with Crippen molar-refractivity contribution in [1.82, 2.24) is 0 Å². The highest BCUT2D eigenvalue weighted by atomic mass is 16.7. The number of aromatic carboxylic acids is 2. The summed E-state index contributed by atoms with van der Waals surface area (Å²) in [4.78, 5) is 46.5. The van der Waals surface area contributed by atoms with E-state index in [-0.39, 0.29) is 22.4 Å². The van der Waals surface area contributed by atoms with Gasteiger partial charge in [0.15, 0.2) is 0 Å². The minimum Gasteiger partial charge on any atom is -0.508 e. The van der Waals surface area contributed by atoms with Crippen LogP contribution in [0.2, 0.25) is 0 Å². The molecule has 0 bridgehead atoms. The molecular weight excluding hydrogens is 360 g/mol. The number of benzene rings is 2. The fraction of sp³-hybridized carbons (Fsp3) is 0.111. The van der Waals surface area contributed by atoms with Gasteiger partial charge >= 0.3 is 23.9 Å². The zero-order valence-corrected chi connectivity index (χ0v) is 13.9. The summed E-state index contributed by atoms with van der Waals surface area (Å²) in [6.07, 6.45) is -1.43. The molecule has 0 aliphatic heterocycles. The second-order valence-corrected chi connectivity index (χ2v) is 5.26. The first-order valence-electron chi connectivity index (χ1n) is 7.51. The van der Waals surface area contributed by atoms with Crippen LogP contribution in [0.1, 0.15) is 48.4 Å². The number of ether oxygens (including phenoxy) is 2. The van der Waals surface area contributed by atoms with Crippen molar-refractivity contribution in [2.45, 2.75) is 13.2 Å². The Balaban J connectivity index is 2.13. The summed E-state index contributed by atoms with van der Waals surface area (Å²) >= 11 is 0. The molecule has 0 aromatic heterocycles. The van der Waals surface area contributed by atoms with Crippen LogP contribution in [-0.2, 0) is 9.47 Å². The lowest BCUT2D eigenvalue weighted by Crippen LogP contribution is -2.24. The van der Waals surface area contributed by atoms with E-state index in [4.69, 9.17) is 19.7 Å². The second-order valence-electron chi connectivity index (χ2n) is 5.26. The summed E-state index contributed by atoms with van der Waals surface area (Å²) in [5.41, 5.74) is -1.36. The minimum atomic E-state index is -1.46. The Hall–Kier alpha value is -3.88. The SMILES string of the molecule is CC(OC(=O)c1ccccc1C(=O)O)OC(=O)c1ccc(O)cc1C(=O)O. The fourth-order valence-electron chi connectivity index (χ4n) is 2.19. The second kappa shape index (κ2) is 8.00. The van der Waals surface area contributed by atoms with Gasteiger partial charge in [0.2, 0.25) is 6.29 Å². The van der Waals surface area contributed by atoms with Crippen molar-refractivity contribution in [3.63, 3.8) is 0 Å². The number of phenols is 1. The average molecular weight is 374 g/mol. The topological polar surface area (TPSA) is 147 Å². The maximum absolute atomic E-state index is 12.1. The zero-order chi connectivity index (χ0) is 20.1. The van der Waals surface area contributed by atoms with Crippen LogP contribution in [0.5, 0.6) is 5.75 Å². The smallest absolute Gasteiger partial charge is 0.342 e. The number of carboxylic acid groups (broad SMARTS) is 2. The lowest BCUT2D eigenvalue weighted by Gasteiger charge is -2.15. The van der Waals surface area contributed by atoms with Gasteiger partial charge in [0.1, 0.15) is 5.75 Å². The Morgan fingerprint density at radius 2 is 1.26 bits per heavy atom. The van der Waals surface area contributed by atoms with Crippen molar-refractivity contribution in [2.24, 2.45) is 0 Å². The average Bonchev–Trinajstić information content (AvgIpc) is 2.61. The van der Waals surface area contributed by atoms with Gasteiger partial charge in [-0.15, -0.1) is 0 Å². The molecule has 0 spiro atoms. The van der Waals surface area contributed by atoms with Crippen LogP contribution in [-0.4, -0.2) is 45.5 Å². The normalized spacial score (nSPS) is 11.3. The monoisotopic (exact) mass is 374 g/mol. The molecule has 0 radical (unpaired) electrons. The first-order valence-corrected chi connectivity index (χ1v) is 7.51. The molecule has 1 atom stereocenters. The van der Waals surface area contributed by atoms with E-state index in [1.807, 2.05) is 0 Å². The molecular formula is C18H14O9. The van der Waals surface area contributed by atoms with Crippen LogP contribution in [0.3, 0.4) is 0 Å². The summed E-state index contributed by atoms with van der Waals surface area (Å²) in [7, 11) is 0. The van der Waals surface area contributed by atoms with Crippen LogP contribution in [0.4, 0.5) is 0 Å². The predicted molar refractivity (Wildman–Crippen MR) is 88.8 cm³/mol. The Labute approximate surface area is 152 Å². The molecule has 0 amide bonds. The predicted octanol–water partition coefficient (Wildman–Crippen LogP) is 2.15. The van der Waals surface area contributed by atoms with Gasteiger partial charge in [-0.3, -0.25) is 0 Å². The lowest BCUT2D eigenvalue weighted by atomic mass is 10.1. The van der Waals surface area contributed by atoms with Gasteiger partial charge in [-0.25, -0.2) is 19.2 Å². The number of hydrogen-bond donors (Lipinski definition) is 3. The van der Waals surface area contributed by atoms with Crippen LogP contribution >= 0.6 is 0 Å². The van der Waals surface area contributed by atoms with E-state index >= 15 is 0 Å². The van der Waals surface area contributed by atoms with Crippen LogP contribution in [0, 0.1) is 0 Å². The number of carbonyl (C=O) groups is 4. The van der Waals surface area contributed by atoms with Crippen LogP contribution in [0.15, 0.2) is 42.5 Å². The summed E-state index contributed by atoms with van der Waals surface area (Å²) in [5.74, 6) is -5.27. The molecule has 0 saturated heterocycles. The number of hydrogen-bond acceptors (Lipinski definition) is 7. The molecule has 1 unspecified atom stereocenters. The zero-order valence-electron chi connectivity index (χ0n) is 13.9. The molecule has 3 N–H and O–H groups in total. The molecule has 0 fully saturated rings. The molecule has 9 nitrogen and oxygen atoms in total. The molecule has 2 rings (SSSR count). The number of aromatic hydroxyl groups is 1. The van der Waals surface area contributed by atoms with Crippen molar-refractivity contribution >= 4 is 23.9 Å². The molecule has 2 aromatic rings. The lowest BCUT2D eigenvalue weighted by molar-refractivity contribution is -0.0693. The summed E-state index contributed by atoms with van der Waals surface area (Å²) < 4.78 is 9.79. The quantitative estimate of drug-likeness (QED) is 0.511. The molecule has 9 heteroatoms. The molecule has 0 aliphatic rings. The Bertz CT molecular complexity index is 917. The Kier molecular flexibility index (Phi) is 5.76. The third kappa shape index (κ3) is 4.60. The molecule has 0 saturated carbocycles. The Morgan fingerprint density at radius 3 is 1.78 bits per heavy atom. The van der Waals surface area contributed by atoms with E-state index in [2.05, 4.69) is 0 Å². The maximum Gasteiger partial charge on any atom is 0.342 e. The van der Waals surface area contributed by atoms with Crippen LogP contribution in [0.25, 0.3) is 0 Å². The number of esters is 2. The highest BCUT2D eigenvalue weighted by Gasteiger charge is 2.24. The summed E-state index contributed by atoms with van der Waals surface area (Å²) in [6, 6.07) is 8.35. The minimum absolute atomic E-state index is 0.233. The van der Waals surface area contributed by atoms with Gasteiger partial charge < -0.3 is 24.8 Å². The number of carbonyl (C=O) groups excluding carboxylic acids is 2. The van der Waals surface area contributed by atoms with Gasteiger partial charge in [0.25, 0.3) is 0 Å². The summed E-state index contributed by atoms with van der Waals surface area (Å²) in [6.45, 7) is 1.21. The molecule has 0 heterocycles. The molecule has 140 valence electrons. The van der Waals surface area contributed by atoms with Gasteiger partial charge in [0, 0.05) is 6.92 Å². The third-order valence-electron chi connectivity index (χ3n) is 3.38. The molecule has 27 heavy (non-hydrogen) atoms. The van der Waals surface area contributed by atoms with E-state index in [1.165, 1.54) is 31.2 Å². The van der Waals surface area contributed by atoms with Crippen LogP contribution < -0.4 is 0 Å². The van der Waals surface area contributed by atoms with E-state index < -0.39 is 35.7 Å². The fourth-order valence-corrected chi connectivity index (χ4v) is 2.19.